The van der Waals surface area contributed by atoms with Gasteiger partial charge in [-0.3, -0.25) is 0 Å². The summed E-state index contributed by atoms with van der Waals surface area (Å²) in [6.45, 7) is 8.04. The Bertz CT molecular complexity index is 296. The van der Waals surface area contributed by atoms with Crippen molar-refractivity contribution in [1.82, 2.24) is 14.8 Å². The highest BCUT2D eigenvalue weighted by atomic mass is 16.5. The molecule has 5 heteroatoms. The van der Waals surface area contributed by atoms with Crippen molar-refractivity contribution in [3.8, 4) is 0 Å². The van der Waals surface area contributed by atoms with Crippen molar-refractivity contribution < 1.29 is 4.74 Å². The summed E-state index contributed by atoms with van der Waals surface area (Å²) in [6, 6.07) is 0.343. The van der Waals surface area contributed by atoms with Crippen LogP contribution < -0.4 is 5.73 Å². The maximum atomic E-state index is 5.60. The first-order valence-electron chi connectivity index (χ1n) is 5.41. The molecular weight excluding hydrogens is 192 g/mol. The Morgan fingerprint density at radius 1 is 1.33 bits per heavy atom. The van der Waals surface area contributed by atoms with Gasteiger partial charge in [0, 0.05) is 19.1 Å². The maximum absolute atomic E-state index is 5.60. The molecule has 0 aliphatic rings. The lowest BCUT2D eigenvalue weighted by Crippen LogP contribution is -2.14. The van der Waals surface area contributed by atoms with Crippen molar-refractivity contribution in [2.45, 2.75) is 39.8 Å². The molecule has 1 heterocycles. The van der Waals surface area contributed by atoms with Crippen LogP contribution in [0.4, 0.5) is 0 Å². The first-order chi connectivity index (χ1) is 7.20. The van der Waals surface area contributed by atoms with Crippen LogP contribution in [0.5, 0.6) is 0 Å². The van der Waals surface area contributed by atoms with Gasteiger partial charge in [-0.05, 0) is 20.8 Å². The molecular formula is C10H20N4O. The normalized spacial score (nSPS) is 11.3. The highest BCUT2D eigenvalue weighted by Gasteiger charge is 2.12. The van der Waals surface area contributed by atoms with E-state index < -0.39 is 0 Å². The zero-order valence-corrected chi connectivity index (χ0v) is 9.73. The van der Waals surface area contributed by atoms with E-state index in [1.165, 1.54) is 0 Å². The molecule has 5 nitrogen and oxygen atoms in total. The molecule has 0 amide bonds. The molecule has 0 aromatic carbocycles. The largest absolute Gasteiger partial charge is 0.381 e. The molecule has 0 bridgehead atoms. The molecule has 0 saturated heterocycles. The fourth-order valence-electron chi connectivity index (χ4n) is 1.57. The SMILES string of the molecule is CCOCCc1nnc(CN)n1C(C)C. The van der Waals surface area contributed by atoms with Gasteiger partial charge in [-0.25, -0.2) is 0 Å². The summed E-state index contributed by atoms with van der Waals surface area (Å²) in [4.78, 5) is 0. The third-order valence-electron chi connectivity index (χ3n) is 2.21. The van der Waals surface area contributed by atoms with Gasteiger partial charge in [-0.1, -0.05) is 0 Å². The lowest BCUT2D eigenvalue weighted by molar-refractivity contribution is 0.148. The van der Waals surface area contributed by atoms with E-state index in [1.807, 2.05) is 6.92 Å². The van der Waals surface area contributed by atoms with Gasteiger partial charge in [0.2, 0.25) is 0 Å². The van der Waals surface area contributed by atoms with Crippen LogP contribution in [0.3, 0.4) is 0 Å². The third-order valence-corrected chi connectivity index (χ3v) is 2.21. The second-order valence-corrected chi connectivity index (χ2v) is 3.65. The number of nitrogens with zero attached hydrogens (tertiary/aromatic N) is 3. The van der Waals surface area contributed by atoms with Gasteiger partial charge in [-0.2, -0.15) is 0 Å². The second-order valence-electron chi connectivity index (χ2n) is 3.65. The van der Waals surface area contributed by atoms with Crippen LogP contribution in [0, 0.1) is 0 Å². The van der Waals surface area contributed by atoms with Crippen molar-refractivity contribution in [3.05, 3.63) is 11.6 Å². The summed E-state index contributed by atoms with van der Waals surface area (Å²) in [5.41, 5.74) is 5.60. The molecule has 0 aliphatic heterocycles. The minimum Gasteiger partial charge on any atom is -0.381 e. The molecule has 0 saturated carbocycles. The zero-order valence-electron chi connectivity index (χ0n) is 9.73. The van der Waals surface area contributed by atoms with Crippen LogP contribution in [0.15, 0.2) is 0 Å². The predicted molar refractivity (Wildman–Crippen MR) is 58.5 cm³/mol. The fourth-order valence-corrected chi connectivity index (χ4v) is 1.57. The molecule has 0 spiro atoms. The van der Waals surface area contributed by atoms with Crippen LogP contribution in [-0.4, -0.2) is 28.0 Å². The van der Waals surface area contributed by atoms with E-state index in [0.717, 1.165) is 24.7 Å². The average molecular weight is 212 g/mol. The Labute approximate surface area is 90.6 Å². The van der Waals surface area contributed by atoms with Gasteiger partial charge in [0.25, 0.3) is 0 Å². The Hall–Kier alpha value is -0.940. The van der Waals surface area contributed by atoms with Crippen molar-refractivity contribution in [2.24, 2.45) is 5.73 Å². The molecule has 15 heavy (non-hydrogen) atoms. The number of hydrogen-bond acceptors (Lipinski definition) is 4. The lowest BCUT2D eigenvalue weighted by atomic mass is 10.3. The Kier molecular flexibility index (Phi) is 4.71. The minimum absolute atomic E-state index is 0.343. The number of aromatic nitrogens is 3. The highest BCUT2D eigenvalue weighted by molar-refractivity contribution is 4.98. The number of rotatable bonds is 6. The van der Waals surface area contributed by atoms with Gasteiger partial charge in [0.1, 0.15) is 11.6 Å². The Balaban J connectivity index is 2.73. The minimum atomic E-state index is 0.343. The van der Waals surface area contributed by atoms with E-state index in [4.69, 9.17) is 10.5 Å². The van der Waals surface area contributed by atoms with Crippen molar-refractivity contribution in [3.63, 3.8) is 0 Å². The first kappa shape index (κ1) is 12.1. The van der Waals surface area contributed by atoms with E-state index in [9.17, 15) is 0 Å². The van der Waals surface area contributed by atoms with Crippen LogP contribution >= 0.6 is 0 Å². The topological polar surface area (TPSA) is 66.0 Å². The average Bonchev–Trinajstić information content (AvgIpc) is 2.61. The predicted octanol–water partition coefficient (Wildman–Crippen LogP) is 0.897. The first-order valence-corrected chi connectivity index (χ1v) is 5.41. The molecule has 1 aromatic rings. The smallest absolute Gasteiger partial charge is 0.147 e. The summed E-state index contributed by atoms with van der Waals surface area (Å²) in [7, 11) is 0. The number of ether oxygens (including phenoxy) is 1. The van der Waals surface area contributed by atoms with Gasteiger partial charge in [-0.15, -0.1) is 10.2 Å². The molecule has 0 aliphatic carbocycles. The second kappa shape index (κ2) is 5.82. The Morgan fingerprint density at radius 3 is 2.53 bits per heavy atom. The van der Waals surface area contributed by atoms with Crippen LogP contribution in [0.1, 0.15) is 38.5 Å². The molecule has 0 radical (unpaired) electrons. The van der Waals surface area contributed by atoms with Gasteiger partial charge in [0.15, 0.2) is 0 Å². The summed E-state index contributed by atoms with van der Waals surface area (Å²) >= 11 is 0. The molecule has 86 valence electrons. The highest BCUT2D eigenvalue weighted by Crippen LogP contribution is 2.11. The monoisotopic (exact) mass is 212 g/mol. The third kappa shape index (κ3) is 3.00. The van der Waals surface area contributed by atoms with Gasteiger partial charge >= 0.3 is 0 Å². The van der Waals surface area contributed by atoms with Crippen molar-refractivity contribution in [1.29, 1.82) is 0 Å². The summed E-state index contributed by atoms with van der Waals surface area (Å²) < 4.78 is 7.39. The zero-order chi connectivity index (χ0) is 11.3. The quantitative estimate of drug-likeness (QED) is 0.711. The number of nitrogens with two attached hydrogens (primary N) is 1. The lowest BCUT2D eigenvalue weighted by Gasteiger charge is -2.13. The molecule has 0 atom stereocenters. The molecule has 2 N–H and O–H groups in total. The summed E-state index contributed by atoms with van der Waals surface area (Å²) in [5.74, 6) is 1.80. The maximum Gasteiger partial charge on any atom is 0.147 e. The van der Waals surface area contributed by atoms with Crippen LogP contribution in [0.25, 0.3) is 0 Å². The van der Waals surface area contributed by atoms with Gasteiger partial charge in [0.05, 0.1) is 13.2 Å². The molecule has 0 unspecified atom stereocenters. The molecule has 1 aromatic heterocycles. The van der Waals surface area contributed by atoms with E-state index in [0.29, 0.717) is 19.2 Å². The standard InChI is InChI=1S/C10H20N4O/c1-4-15-6-5-9-12-13-10(7-11)14(9)8(2)3/h8H,4-7,11H2,1-3H3. The van der Waals surface area contributed by atoms with Crippen LogP contribution in [0.2, 0.25) is 0 Å². The number of hydrogen-bond donors (Lipinski definition) is 1. The van der Waals surface area contributed by atoms with Crippen LogP contribution in [-0.2, 0) is 17.7 Å². The van der Waals surface area contributed by atoms with E-state index in [1.54, 1.807) is 0 Å². The van der Waals surface area contributed by atoms with E-state index in [-0.39, 0.29) is 0 Å². The van der Waals surface area contributed by atoms with E-state index in [2.05, 4.69) is 28.6 Å². The fraction of sp³-hybridized carbons (Fsp3) is 0.800. The Morgan fingerprint density at radius 2 is 2.00 bits per heavy atom. The molecule has 0 fully saturated rings. The van der Waals surface area contributed by atoms with Gasteiger partial charge < -0.3 is 15.0 Å². The summed E-state index contributed by atoms with van der Waals surface area (Å²) in [5, 5.41) is 8.20. The van der Waals surface area contributed by atoms with Crippen molar-refractivity contribution >= 4 is 0 Å². The van der Waals surface area contributed by atoms with Crippen molar-refractivity contribution in [2.75, 3.05) is 13.2 Å². The molecule has 1 rings (SSSR count). The summed E-state index contributed by atoms with van der Waals surface area (Å²) in [6.07, 6.45) is 0.791. The van der Waals surface area contributed by atoms with E-state index >= 15 is 0 Å².